The molecule has 0 saturated heterocycles. The third-order valence-electron chi connectivity index (χ3n) is 4.30. The molecule has 0 unspecified atom stereocenters. The van der Waals surface area contributed by atoms with Crippen molar-refractivity contribution in [3.63, 3.8) is 0 Å². The third-order valence-corrected chi connectivity index (χ3v) is 4.30. The summed E-state index contributed by atoms with van der Waals surface area (Å²) in [6.45, 7) is 2.43. The van der Waals surface area contributed by atoms with Crippen LogP contribution in [0.15, 0.2) is 78.9 Å². The summed E-state index contributed by atoms with van der Waals surface area (Å²) in [7, 11) is 0. The molecule has 0 atom stereocenters. The van der Waals surface area contributed by atoms with Gasteiger partial charge < -0.3 is 9.84 Å². The maximum Gasteiger partial charge on any atom is 0.193 e. The van der Waals surface area contributed by atoms with Gasteiger partial charge >= 0.3 is 0 Å². The number of ether oxygens (including phenoxy) is 1. The number of rotatable bonds is 7. The average molecular weight is 358 g/mol. The third kappa shape index (κ3) is 4.85. The molecule has 0 amide bonds. The van der Waals surface area contributed by atoms with Crippen molar-refractivity contribution in [2.24, 2.45) is 0 Å². The van der Waals surface area contributed by atoms with Crippen LogP contribution >= 0.6 is 0 Å². The van der Waals surface area contributed by atoms with E-state index in [-0.39, 0.29) is 17.1 Å². The summed E-state index contributed by atoms with van der Waals surface area (Å²) in [5, 5.41) is 10.2. The van der Waals surface area contributed by atoms with Crippen molar-refractivity contribution < 1.29 is 14.6 Å². The predicted molar refractivity (Wildman–Crippen MR) is 108 cm³/mol. The summed E-state index contributed by atoms with van der Waals surface area (Å²) in [6, 6.07) is 22.6. The van der Waals surface area contributed by atoms with Crippen LogP contribution in [0.1, 0.15) is 34.0 Å². The van der Waals surface area contributed by atoms with Crippen LogP contribution in [0.4, 0.5) is 0 Å². The number of hydrogen-bond donors (Lipinski definition) is 1. The van der Waals surface area contributed by atoms with Crippen LogP contribution in [0.5, 0.6) is 11.5 Å². The molecule has 0 aliphatic rings. The summed E-state index contributed by atoms with van der Waals surface area (Å²) in [5.41, 5.74) is 3.35. The fraction of sp³-hybridized carbons (Fsp3) is 0.125. The van der Waals surface area contributed by atoms with E-state index in [1.807, 2.05) is 54.6 Å². The Hall–Kier alpha value is -3.33. The molecular formula is C24H22O3. The van der Waals surface area contributed by atoms with E-state index in [0.29, 0.717) is 12.4 Å². The standard InChI is InChI=1S/C24H22O3/c1-2-18-11-13-19(14-12-18)15-16-22(26)24-21(25)9-6-10-23(24)27-17-20-7-4-3-5-8-20/h3-16,25H,2,17H2,1H3/b16-15+. The maximum absolute atomic E-state index is 12.7. The molecule has 0 radical (unpaired) electrons. The van der Waals surface area contributed by atoms with E-state index < -0.39 is 0 Å². The van der Waals surface area contributed by atoms with E-state index in [9.17, 15) is 9.90 Å². The second-order valence-corrected chi connectivity index (χ2v) is 6.22. The smallest absolute Gasteiger partial charge is 0.193 e. The Bertz CT molecular complexity index is 926. The van der Waals surface area contributed by atoms with Gasteiger partial charge in [-0.15, -0.1) is 0 Å². The topological polar surface area (TPSA) is 46.5 Å². The molecule has 0 saturated carbocycles. The van der Waals surface area contributed by atoms with Crippen molar-refractivity contribution >= 4 is 11.9 Å². The number of carbonyl (C=O) groups is 1. The van der Waals surface area contributed by atoms with Gasteiger partial charge in [0.15, 0.2) is 5.78 Å². The van der Waals surface area contributed by atoms with Gasteiger partial charge in [-0.25, -0.2) is 0 Å². The van der Waals surface area contributed by atoms with Crippen LogP contribution in [-0.4, -0.2) is 10.9 Å². The number of aryl methyl sites for hydroxylation is 1. The van der Waals surface area contributed by atoms with Gasteiger partial charge in [-0.2, -0.15) is 0 Å². The van der Waals surface area contributed by atoms with Crippen LogP contribution in [0.2, 0.25) is 0 Å². The Morgan fingerprint density at radius 2 is 1.67 bits per heavy atom. The van der Waals surface area contributed by atoms with Crippen LogP contribution < -0.4 is 4.74 Å². The molecule has 136 valence electrons. The lowest BCUT2D eigenvalue weighted by molar-refractivity contribution is 0.104. The number of benzene rings is 3. The van der Waals surface area contributed by atoms with E-state index >= 15 is 0 Å². The molecule has 0 spiro atoms. The first-order valence-corrected chi connectivity index (χ1v) is 8.97. The van der Waals surface area contributed by atoms with E-state index in [0.717, 1.165) is 17.5 Å². The highest BCUT2D eigenvalue weighted by molar-refractivity contribution is 6.10. The van der Waals surface area contributed by atoms with Gasteiger partial charge in [0, 0.05) is 0 Å². The van der Waals surface area contributed by atoms with Gasteiger partial charge in [-0.3, -0.25) is 4.79 Å². The molecule has 0 aliphatic carbocycles. The number of allylic oxidation sites excluding steroid dienone is 1. The first kappa shape index (κ1) is 18.5. The van der Waals surface area contributed by atoms with Crippen molar-refractivity contribution in [2.75, 3.05) is 0 Å². The minimum absolute atomic E-state index is 0.0865. The highest BCUT2D eigenvalue weighted by atomic mass is 16.5. The lowest BCUT2D eigenvalue weighted by Crippen LogP contribution is -2.03. The van der Waals surface area contributed by atoms with Gasteiger partial charge in [-0.05, 0) is 41.3 Å². The van der Waals surface area contributed by atoms with Crippen LogP contribution in [0, 0.1) is 0 Å². The minimum atomic E-state index is -0.296. The fourth-order valence-electron chi connectivity index (χ4n) is 2.74. The molecule has 0 aromatic heterocycles. The summed E-state index contributed by atoms with van der Waals surface area (Å²) in [4.78, 5) is 12.7. The van der Waals surface area contributed by atoms with Crippen LogP contribution in [-0.2, 0) is 13.0 Å². The van der Waals surface area contributed by atoms with Crippen LogP contribution in [0.3, 0.4) is 0 Å². The lowest BCUT2D eigenvalue weighted by Gasteiger charge is -2.11. The Morgan fingerprint density at radius 3 is 2.37 bits per heavy atom. The number of ketones is 1. The predicted octanol–water partition coefficient (Wildman–Crippen LogP) is 5.43. The van der Waals surface area contributed by atoms with E-state index in [4.69, 9.17) is 4.74 Å². The fourth-order valence-corrected chi connectivity index (χ4v) is 2.74. The van der Waals surface area contributed by atoms with E-state index in [2.05, 4.69) is 6.92 Å². The molecule has 3 rings (SSSR count). The van der Waals surface area contributed by atoms with E-state index in [1.54, 1.807) is 18.2 Å². The zero-order valence-corrected chi connectivity index (χ0v) is 15.3. The molecule has 0 heterocycles. The van der Waals surface area contributed by atoms with Crippen molar-refractivity contribution in [3.8, 4) is 11.5 Å². The molecular weight excluding hydrogens is 336 g/mol. The molecule has 0 aliphatic heterocycles. The Morgan fingerprint density at radius 1 is 0.926 bits per heavy atom. The number of aromatic hydroxyl groups is 1. The van der Waals surface area contributed by atoms with E-state index in [1.165, 1.54) is 17.7 Å². The minimum Gasteiger partial charge on any atom is -0.507 e. The molecule has 27 heavy (non-hydrogen) atoms. The second-order valence-electron chi connectivity index (χ2n) is 6.22. The monoisotopic (exact) mass is 358 g/mol. The summed E-state index contributed by atoms with van der Waals surface area (Å²) < 4.78 is 5.79. The zero-order chi connectivity index (χ0) is 19.1. The Labute approximate surface area is 159 Å². The van der Waals surface area contributed by atoms with Crippen molar-refractivity contribution in [3.05, 3.63) is 101 Å². The molecule has 1 N–H and O–H groups in total. The second kappa shape index (κ2) is 8.86. The van der Waals surface area contributed by atoms with Crippen molar-refractivity contribution in [1.82, 2.24) is 0 Å². The van der Waals surface area contributed by atoms with Gasteiger partial charge in [0.05, 0.1) is 0 Å². The van der Waals surface area contributed by atoms with Gasteiger partial charge in [0.1, 0.15) is 23.7 Å². The maximum atomic E-state index is 12.7. The normalized spacial score (nSPS) is 10.9. The number of carbonyl (C=O) groups excluding carboxylic acids is 1. The number of hydrogen-bond acceptors (Lipinski definition) is 3. The van der Waals surface area contributed by atoms with Crippen molar-refractivity contribution in [1.29, 1.82) is 0 Å². The first-order chi connectivity index (χ1) is 13.2. The molecule has 3 aromatic rings. The first-order valence-electron chi connectivity index (χ1n) is 8.97. The summed E-state index contributed by atoms with van der Waals surface area (Å²) in [5.74, 6) is -0.0119. The molecule has 3 nitrogen and oxygen atoms in total. The molecule has 0 fully saturated rings. The van der Waals surface area contributed by atoms with Crippen LogP contribution in [0.25, 0.3) is 6.08 Å². The van der Waals surface area contributed by atoms with Gasteiger partial charge in [0.25, 0.3) is 0 Å². The summed E-state index contributed by atoms with van der Waals surface area (Å²) >= 11 is 0. The SMILES string of the molecule is CCc1ccc(/C=C/C(=O)c2c(O)cccc2OCc2ccccc2)cc1. The average Bonchev–Trinajstić information content (AvgIpc) is 2.71. The highest BCUT2D eigenvalue weighted by Crippen LogP contribution is 2.29. The largest absolute Gasteiger partial charge is 0.507 e. The Kier molecular flexibility index (Phi) is 6.06. The molecule has 3 aromatic carbocycles. The van der Waals surface area contributed by atoms with Crippen molar-refractivity contribution in [2.45, 2.75) is 20.0 Å². The quantitative estimate of drug-likeness (QED) is 0.452. The number of phenols is 1. The number of phenolic OH excluding ortho intramolecular Hbond substituents is 1. The zero-order valence-electron chi connectivity index (χ0n) is 15.3. The molecule has 0 bridgehead atoms. The highest BCUT2D eigenvalue weighted by Gasteiger charge is 2.15. The Balaban J connectivity index is 1.77. The van der Waals surface area contributed by atoms with Gasteiger partial charge in [-0.1, -0.05) is 73.7 Å². The molecule has 3 heteroatoms. The lowest BCUT2D eigenvalue weighted by atomic mass is 10.1. The summed E-state index contributed by atoms with van der Waals surface area (Å²) in [6.07, 6.45) is 4.18. The van der Waals surface area contributed by atoms with Gasteiger partial charge in [0.2, 0.25) is 0 Å².